The fourth-order valence-corrected chi connectivity index (χ4v) is 1.59. The van der Waals surface area contributed by atoms with E-state index in [2.05, 4.69) is 10.6 Å². The van der Waals surface area contributed by atoms with Gasteiger partial charge in [-0.2, -0.15) is 5.26 Å². The summed E-state index contributed by atoms with van der Waals surface area (Å²) >= 11 is 0. The van der Waals surface area contributed by atoms with Gasteiger partial charge < -0.3 is 15.4 Å². The standard InChI is InChI=1S/C15H20FN3O2/c1-11(2)19-9-12-8-13(16)4-5-14(12)21-10-15(20)18-7-3-6-17/h4-5,8,11,19H,3,7,9-10H2,1-2H3,(H,18,20). The van der Waals surface area contributed by atoms with Crippen molar-refractivity contribution in [3.8, 4) is 11.8 Å². The molecule has 0 aromatic heterocycles. The molecule has 5 nitrogen and oxygen atoms in total. The predicted molar refractivity (Wildman–Crippen MR) is 77.1 cm³/mol. The molecule has 0 bridgehead atoms. The molecule has 0 saturated heterocycles. The van der Waals surface area contributed by atoms with E-state index in [1.807, 2.05) is 19.9 Å². The van der Waals surface area contributed by atoms with Gasteiger partial charge in [0, 0.05) is 24.7 Å². The smallest absolute Gasteiger partial charge is 0.257 e. The van der Waals surface area contributed by atoms with Crippen LogP contribution >= 0.6 is 0 Å². The zero-order chi connectivity index (χ0) is 15.7. The summed E-state index contributed by atoms with van der Waals surface area (Å²) in [5.41, 5.74) is 0.661. The minimum atomic E-state index is -0.346. The summed E-state index contributed by atoms with van der Waals surface area (Å²) in [5.74, 6) is -0.182. The molecule has 21 heavy (non-hydrogen) atoms. The third-order valence-corrected chi connectivity index (χ3v) is 2.64. The second-order valence-electron chi connectivity index (χ2n) is 4.83. The number of nitriles is 1. The summed E-state index contributed by atoms with van der Waals surface area (Å²) < 4.78 is 18.7. The summed E-state index contributed by atoms with van der Waals surface area (Å²) in [7, 11) is 0. The van der Waals surface area contributed by atoms with Crippen molar-refractivity contribution >= 4 is 5.91 Å². The van der Waals surface area contributed by atoms with Crippen LogP contribution in [0.4, 0.5) is 4.39 Å². The van der Waals surface area contributed by atoms with Gasteiger partial charge in [-0.05, 0) is 18.2 Å². The van der Waals surface area contributed by atoms with Crippen molar-refractivity contribution in [2.24, 2.45) is 0 Å². The van der Waals surface area contributed by atoms with Crippen LogP contribution in [0.25, 0.3) is 0 Å². The number of ether oxygens (including phenoxy) is 1. The van der Waals surface area contributed by atoms with Crippen LogP contribution in [0.3, 0.4) is 0 Å². The van der Waals surface area contributed by atoms with E-state index >= 15 is 0 Å². The fourth-order valence-electron chi connectivity index (χ4n) is 1.59. The number of hydrogen-bond donors (Lipinski definition) is 2. The Kier molecular flexibility index (Phi) is 7.19. The molecule has 6 heteroatoms. The summed E-state index contributed by atoms with van der Waals surface area (Å²) in [5, 5.41) is 14.1. The topological polar surface area (TPSA) is 74.2 Å². The van der Waals surface area contributed by atoms with Crippen molar-refractivity contribution in [1.29, 1.82) is 5.26 Å². The second kappa shape index (κ2) is 8.93. The highest BCUT2D eigenvalue weighted by Gasteiger charge is 2.08. The quantitative estimate of drug-likeness (QED) is 0.716. The average molecular weight is 293 g/mol. The van der Waals surface area contributed by atoms with Crippen LogP contribution in [0.5, 0.6) is 5.75 Å². The number of amides is 1. The van der Waals surface area contributed by atoms with Crippen molar-refractivity contribution in [3.63, 3.8) is 0 Å². The highest BCUT2D eigenvalue weighted by molar-refractivity contribution is 5.77. The summed E-state index contributed by atoms with van der Waals surface area (Å²) in [6, 6.07) is 6.38. The lowest BCUT2D eigenvalue weighted by Gasteiger charge is -2.13. The predicted octanol–water partition coefficient (Wildman–Crippen LogP) is 1.73. The number of halogens is 1. The van der Waals surface area contributed by atoms with Gasteiger partial charge in [0.15, 0.2) is 6.61 Å². The van der Waals surface area contributed by atoms with Gasteiger partial charge in [0.25, 0.3) is 5.91 Å². The van der Waals surface area contributed by atoms with E-state index in [1.54, 1.807) is 0 Å². The van der Waals surface area contributed by atoms with Gasteiger partial charge in [-0.1, -0.05) is 13.8 Å². The third-order valence-electron chi connectivity index (χ3n) is 2.64. The minimum Gasteiger partial charge on any atom is -0.483 e. The largest absolute Gasteiger partial charge is 0.483 e. The van der Waals surface area contributed by atoms with E-state index in [0.29, 0.717) is 24.4 Å². The van der Waals surface area contributed by atoms with Crippen molar-refractivity contribution in [2.45, 2.75) is 32.9 Å². The van der Waals surface area contributed by atoms with Crippen LogP contribution in [0.2, 0.25) is 0 Å². The lowest BCUT2D eigenvalue weighted by atomic mass is 10.2. The van der Waals surface area contributed by atoms with Crippen molar-refractivity contribution < 1.29 is 13.9 Å². The van der Waals surface area contributed by atoms with Crippen LogP contribution in [0, 0.1) is 17.1 Å². The van der Waals surface area contributed by atoms with E-state index in [4.69, 9.17) is 10.00 Å². The molecular weight excluding hydrogens is 273 g/mol. The number of nitrogens with zero attached hydrogens (tertiary/aromatic N) is 1. The summed E-state index contributed by atoms with van der Waals surface area (Å²) in [6.07, 6.45) is 0.256. The maximum atomic E-state index is 13.3. The molecule has 1 amide bonds. The number of rotatable bonds is 8. The molecule has 1 aromatic carbocycles. The molecule has 0 saturated carbocycles. The van der Waals surface area contributed by atoms with Gasteiger partial charge in [0.1, 0.15) is 11.6 Å². The molecule has 0 heterocycles. The van der Waals surface area contributed by atoms with Crippen LogP contribution in [0.1, 0.15) is 25.8 Å². The van der Waals surface area contributed by atoms with Crippen LogP contribution in [-0.2, 0) is 11.3 Å². The first-order chi connectivity index (χ1) is 10.0. The van der Waals surface area contributed by atoms with Crippen LogP contribution in [-0.4, -0.2) is 25.1 Å². The highest BCUT2D eigenvalue weighted by atomic mass is 19.1. The molecule has 0 fully saturated rings. The third kappa shape index (κ3) is 6.72. The lowest BCUT2D eigenvalue weighted by Crippen LogP contribution is -2.30. The Morgan fingerprint density at radius 1 is 1.48 bits per heavy atom. The fraction of sp³-hybridized carbons (Fsp3) is 0.467. The molecule has 0 spiro atoms. The SMILES string of the molecule is CC(C)NCc1cc(F)ccc1OCC(=O)NCCC#N. The number of benzene rings is 1. The second-order valence-corrected chi connectivity index (χ2v) is 4.83. The molecule has 0 radical (unpaired) electrons. The first kappa shape index (κ1) is 16.9. The van der Waals surface area contributed by atoms with E-state index in [0.717, 1.165) is 0 Å². The number of carbonyl (C=O) groups is 1. The molecule has 0 aliphatic rings. The molecule has 0 aliphatic carbocycles. The first-order valence-electron chi connectivity index (χ1n) is 6.81. The number of nitrogens with one attached hydrogen (secondary N) is 2. The number of hydrogen-bond acceptors (Lipinski definition) is 4. The van der Waals surface area contributed by atoms with E-state index in [-0.39, 0.29) is 30.8 Å². The van der Waals surface area contributed by atoms with Gasteiger partial charge in [-0.3, -0.25) is 4.79 Å². The Bertz CT molecular complexity index is 512. The maximum absolute atomic E-state index is 13.3. The number of carbonyl (C=O) groups excluding carboxylic acids is 1. The zero-order valence-corrected chi connectivity index (χ0v) is 12.3. The van der Waals surface area contributed by atoms with E-state index in [1.165, 1.54) is 18.2 Å². The molecule has 2 N–H and O–H groups in total. The summed E-state index contributed by atoms with van der Waals surface area (Å²) in [6.45, 7) is 4.57. The molecule has 0 unspecified atom stereocenters. The van der Waals surface area contributed by atoms with Gasteiger partial charge >= 0.3 is 0 Å². The van der Waals surface area contributed by atoms with Crippen molar-refractivity contribution in [3.05, 3.63) is 29.6 Å². The molecule has 1 aromatic rings. The Hall–Kier alpha value is -2.13. The Balaban J connectivity index is 2.57. The average Bonchev–Trinajstić information content (AvgIpc) is 2.44. The van der Waals surface area contributed by atoms with Gasteiger partial charge in [0.05, 0.1) is 12.5 Å². The highest BCUT2D eigenvalue weighted by Crippen LogP contribution is 2.19. The monoisotopic (exact) mass is 293 g/mol. The molecular formula is C15H20FN3O2. The first-order valence-corrected chi connectivity index (χ1v) is 6.81. The molecule has 0 aliphatic heterocycles. The molecule has 1 rings (SSSR count). The normalized spacial score (nSPS) is 10.2. The maximum Gasteiger partial charge on any atom is 0.257 e. The van der Waals surface area contributed by atoms with Crippen LogP contribution < -0.4 is 15.4 Å². The van der Waals surface area contributed by atoms with Gasteiger partial charge in [-0.25, -0.2) is 4.39 Å². The van der Waals surface area contributed by atoms with E-state index in [9.17, 15) is 9.18 Å². The van der Waals surface area contributed by atoms with Crippen molar-refractivity contribution in [2.75, 3.05) is 13.2 Å². The van der Waals surface area contributed by atoms with Crippen molar-refractivity contribution in [1.82, 2.24) is 10.6 Å². The van der Waals surface area contributed by atoms with Gasteiger partial charge in [-0.15, -0.1) is 0 Å². The Morgan fingerprint density at radius 2 is 2.24 bits per heavy atom. The van der Waals surface area contributed by atoms with Crippen LogP contribution in [0.15, 0.2) is 18.2 Å². The lowest BCUT2D eigenvalue weighted by molar-refractivity contribution is -0.123. The zero-order valence-electron chi connectivity index (χ0n) is 12.3. The summed E-state index contributed by atoms with van der Waals surface area (Å²) in [4.78, 5) is 11.5. The van der Waals surface area contributed by atoms with E-state index < -0.39 is 0 Å². The molecule has 0 atom stereocenters. The van der Waals surface area contributed by atoms with Gasteiger partial charge in [0.2, 0.25) is 0 Å². The Morgan fingerprint density at radius 3 is 2.90 bits per heavy atom. The minimum absolute atomic E-state index is 0.161. The Labute approximate surface area is 124 Å². The molecule has 114 valence electrons.